The van der Waals surface area contributed by atoms with Crippen LogP contribution in [0.1, 0.15) is 0 Å². The summed E-state index contributed by atoms with van der Waals surface area (Å²) in [6.07, 6.45) is -5.69. The Balaban J connectivity index is 0. The lowest BCUT2D eigenvalue weighted by Crippen LogP contribution is -2.69. The third-order valence-corrected chi connectivity index (χ3v) is 3.08. The molecule has 0 amide bonds. The van der Waals surface area contributed by atoms with E-state index in [0.29, 0.717) is 0 Å². The molecule has 0 bridgehead atoms. The van der Waals surface area contributed by atoms with Gasteiger partial charge < -0.3 is 5.32 Å². The highest BCUT2D eigenvalue weighted by Gasteiger charge is 2.90. The van der Waals surface area contributed by atoms with Gasteiger partial charge in [0.2, 0.25) is 0 Å². The van der Waals surface area contributed by atoms with E-state index in [1.54, 1.807) is 0 Å². The Kier molecular flexibility index (Phi) is 7.71. The zero-order valence-corrected chi connectivity index (χ0v) is 12.6. The second kappa shape index (κ2) is 7.34. The van der Waals surface area contributed by atoms with Gasteiger partial charge in [0.1, 0.15) is 0 Å². The van der Waals surface area contributed by atoms with Crippen LogP contribution in [0.15, 0.2) is 0 Å². The fourth-order valence-electron chi connectivity index (χ4n) is 0.888. The van der Waals surface area contributed by atoms with Crippen LogP contribution in [0.2, 0.25) is 0 Å². The van der Waals surface area contributed by atoms with Crippen LogP contribution in [-0.2, 0) is 10.1 Å². The lowest BCUT2D eigenvalue weighted by atomic mass is 9.99. The van der Waals surface area contributed by atoms with Crippen molar-refractivity contribution in [1.29, 1.82) is 0 Å². The van der Waals surface area contributed by atoms with E-state index in [4.69, 9.17) is 4.55 Å². The van der Waals surface area contributed by atoms with E-state index in [-0.39, 0.29) is 0 Å². The molecule has 4 nitrogen and oxygen atoms in total. The minimum atomic E-state index is -7.99. The van der Waals surface area contributed by atoms with Gasteiger partial charge >= 0.3 is 45.5 Å². The Hall–Kier alpha value is -0.970. The first-order chi connectivity index (χ1) is 10.6. The van der Waals surface area contributed by atoms with Crippen molar-refractivity contribution < 1.29 is 65.7 Å². The SMILES string of the molecule is CNC.O=S(=O)(O)C(F)(F)C(F)(F)C(F)(F)C(F)(F)C(F)(F)C(F)F. The van der Waals surface area contributed by atoms with Crippen molar-refractivity contribution in [1.82, 2.24) is 5.32 Å². The molecular formula is C8H9F12NO3S. The summed E-state index contributed by atoms with van der Waals surface area (Å²) in [6, 6.07) is 0. The van der Waals surface area contributed by atoms with Crippen LogP contribution in [-0.4, -0.2) is 62.4 Å². The van der Waals surface area contributed by atoms with Crippen LogP contribution in [0.25, 0.3) is 0 Å². The molecule has 0 heterocycles. The highest BCUT2D eigenvalue weighted by molar-refractivity contribution is 7.87. The number of hydrogen-bond acceptors (Lipinski definition) is 3. The first-order valence-corrected chi connectivity index (χ1v) is 6.78. The predicted molar refractivity (Wildman–Crippen MR) is 57.3 cm³/mol. The van der Waals surface area contributed by atoms with E-state index < -0.39 is 45.5 Å². The van der Waals surface area contributed by atoms with Gasteiger partial charge in [0, 0.05) is 0 Å². The van der Waals surface area contributed by atoms with Crippen molar-refractivity contribution in [3.8, 4) is 0 Å². The summed E-state index contributed by atoms with van der Waals surface area (Å²) >= 11 is 0. The van der Waals surface area contributed by atoms with Crippen LogP contribution < -0.4 is 5.32 Å². The maximum Gasteiger partial charge on any atom is 0.438 e. The lowest BCUT2D eigenvalue weighted by molar-refractivity contribution is -0.402. The minimum Gasteiger partial charge on any atom is -0.323 e. The smallest absolute Gasteiger partial charge is 0.323 e. The zero-order valence-electron chi connectivity index (χ0n) is 11.8. The molecule has 0 aliphatic rings. The molecule has 0 aromatic rings. The van der Waals surface area contributed by atoms with Crippen molar-refractivity contribution in [3.63, 3.8) is 0 Å². The van der Waals surface area contributed by atoms with Crippen LogP contribution in [0.4, 0.5) is 52.7 Å². The van der Waals surface area contributed by atoms with Crippen molar-refractivity contribution in [3.05, 3.63) is 0 Å². The van der Waals surface area contributed by atoms with E-state index in [1.807, 2.05) is 14.1 Å². The number of alkyl halides is 12. The molecule has 0 fully saturated rings. The van der Waals surface area contributed by atoms with Crippen molar-refractivity contribution in [2.24, 2.45) is 0 Å². The molecule has 0 aromatic carbocycles. The topological polar surface area (TPSA) is 66.4 Å². The van der Waals surface area contributed by atoms with Gasteiger partial charge in [-0.15, -0.1) is 0 Å². The minimum absolute atomic E-state index is 1.88. The van der Waals surface area contributed by atoms with Crippen LogP contribution >= 0.6 is 0 Å². The molecule has 0 radical (unpaired) electrons. The molecule has 0 saturated carbocycles. The Morgan fingerprint density at radius 2 is 1.04 bits per heavy atom. The Morgan fingerprint density at radius 3 is 1.24 bits per heavy atom. The Morgan fingerprint density at radius 1 is 0.760 bits per heavy atom. The maximum absolute atomic E-state index is 12.7. The predicted octanol–water partition coefficient (Wildman–Crippen LogP) is 3.11. The van der Waals surface area contributed by atoms with Gasteiger partial charge in [-0.1, -0.05) is 0 Å². The summed E-state index contributed by atoms with van der Waals surface area (Å²) < 4.78 is 176. The summed E-state index contributed by atoms with van der Waals surface area (Å²) in [5, 5.41) is -4.63. The fraction of sp³-hybridized carbons (Fsp3) is 1.00. The standard InChI is InChI=1S/C6H2F12O3S.C2H7N/c7-1(8)2(9,10)3(11,12)4(13,14)5(15,16)6(17,18)22(19,20)21;1-3-2/h1H,(H,19,20,21);3H,1-2H3. The zero-order chi connectivity index (χ0) is 21.3. The molecule has 0 aliphatic heterocycles. The molecular weight excluding hydrogens is 418 g/mol. The van der Waals surface area contributed by atoms with Crippen molar-refractivity contribution >= 4 is 10.1 Å². The van der Waals surface area contributed by atoms with Gasteiger partial charge in [-0.3, -0.25) is 4.55 Å². The third kappa shape index (κ3) is 4.07. The summed E-state index contributed by atoms with van der Waals surface area (Å²) in [4.78, 5) is 0. The molecule has 0 aromatic heterocycles. The second-order valence-corrected chi connectivity index (χ2v) is 5.60. The molecule has 0 atom stereocenters. The van der Waals surface area contributed by atoms with E-state index >= 15 is 0 Å². The van der Waals surface area contributed by atoms with E-state index in [1.165, 1.54) is 0 Å². The summed E-state index contributed by atoms with van der Waals surface area (Å²) in [7, 11) is -3.75. The molecule has 0 spiro atoms. The normalized spacial score (nSPS) is 15.0. The molecule has 0 unspecified atom stereocenters. The number of rotatable bonds is 6. The highest BCUT2D eigenvalue weighted by Crippen LogP contribution is 2.58. The van der Waals surface area contributed by atoms with Crippen molar-refractivity contribution in [2.45, 2.75) is 35.4 Å². The van der Waals surface area contributed by atoms with Gasteiger partial charge in [-0.25, -0.2) is 8.78 Å². The second-order valence-electron chi connectivity index (χ2n) is 4.14. The van der Waals surface area contributed by atoms with Gasteiger partial charge in [-0.2, -0.15) is 52.3 Å². The number of hydrogen-bond donors (Lipinski definition) is 2. The van der Waals surface area contributed by atoms with E-state index in [9.17, 15) is 61.1 Å². The van der Waals surface area contributed by atoms with E-state index in [0.717, 1.165) is 0 Å². The van der Waals surface area contributed by atoms with Gasteiger partial charge in [0.25, 0.3) is 0 Å². The average molecular weight is 427 g/mol. The molecule has 2 N–H and O–H groups in total. The largest absolute Gasteiger partial charge is 0.438 e. The summed E-state index contributed by atoms with van der Waals surface area (Å²) in [5.74, 6) is -30.9. The van der Waals surface area contributed by atoms with E-state index in [2.05, 4.69) is 5.32 Å². The average Bonchev–Trinajstić information content (AvgIpc) is 2.36. The monoisotopic (exact) mass is 427 g/mol. The van der Waals surface area contributed by atoms with Crippen LogP contribution in [0.3, 0.4) is 0 Å². The molecule has 0 saturated heterocycles. The highest BCUT2D eigenvalue weighted by atomic mass is 32.2. The van der Waals surface area contributed by atoms with Crippen molar-refractivity contribution in [2.75, 3.05) is 14.1 Å². The maximum atomic E-state index is 12.7. The molecule has 17 heteroatoms. The molecule has 0 rings (SSSR count). The summed E-state index contributed by atoms with van der Waals surface area (Å²) in [5.41, 5.74) is 0. The van der Waals surface area contributed by atoms with Crippen LogP contribution in [0, 0.1) is 0 Å². The Bertz CT molecular complexity index is 547. The quantitative estimate of drug-likeness (QED) is 0.505. The first-order valence-electron chi connectivity index (χ1n) is 5.33. The fourth-order valence-corrected chi connectivity index (χ4v) is 1.34. The third-order valence-electron chi connectivity index (χ3n) is 2.17. The first kappa shape index (κ1) is 26.3. The number of halogens is 12. The molecule has 0 aliphatic carbocycles. The summed E-state index contributed by atoms with van der Waals surface area (Å²) in [6.45, 7) is 0. The van der Waals surface area contributed by atoms with Gasteiger partial charge in [-0.05, 0) is 14.1 Å². The van der Waals surface area contributed by atoms with Gasteiger partial charge in [0.05, 0.1) is 0 Å². The number of nitrogens with one attached hydrogen (secondary N) is 1. The lowest BCUT2D eigenvalue weighted by Gasteiger charge is -2.37. The van der Waals surface area contributed by atoms with Gasteiger partial charge in [0.15, 0.2) is 0 Å². The Labute approximate surface area is 131 Å². The molecule has 154 valence electrons. The van der Waals surface area contributed by atoms with Crippen LogP contribution in [0.5, 0.6) is 0 Å². The molecule has 25 heavy (non-hydrogen) atoms.